The van der Waals surface area contributed by atoms with E-state index in [4.69, 9.17) is 5.11 Å². The first-order chi connectivity index (χ1) is 7.11. The number of carbonyl (C=O) groups excluding carboxylic acids is 1. The molecule has 0 saturated carbocycles. The van der Waals surface area contributed by atoms with Gasteiger partial charge in [0.1, 0.15) is 11.3 Å². The highest BCUT2D eigenvalue weighted by Crippen LogP contribution is 2.17. The Labute approximate surface area is 87.5 Å². The summed E-state index contributed by atoms with van der Waals surface area (Å²) in [4.78, 5) is 21.2. The van der Waals surface area contributed by atoms with Gasteiger partial charge in [0.25, 0.3) is 0 Å². The second-order valence-electron chi connectivity index (χ2n) is 2.39. The van der Waals surface area contributed by atoms with Gasteiger partial charge in [-0.15, -0.1) is 0 Å². The highest BCUT2D eigenvalue weighted by Gasteiger charge is 2.10. The predicted octanol–water partition coefficient (Wildman–Crippen LogP) is 0.885. The van der Waals surface area contributed by atoms with Crippen molar-refractivity contribution in [3.05, 3.63) is 29.8 Å². The zero-order valence-electron chi connectivity index (χ0n) is 8.56. The molecule has 0 aliphatic carbocycles. The maximum Gasteiger partial charge on any atom is 0.339 e. The van der Waals surface area contributed by atoms with Crippen LogP contribution >= 0.6 is 0 Å². The minimum absolute atomic E-state index is 0.0160. The first-order valence-corrected chi connectivity index (χ1v) is 4.19. The Morgan fingerprint density at radius 3 is 2.27 bits per heavy atom. The largest absolute Gasteiger partial charge is 0.478 e. The standard InChI is InChI=1S/C9H8O4.CH5N/c1-6(10)13-8-5-3-2-4-7(8)9(11)12;1-2/h2-5H,1H3,(H,11,12);2H2,1H3. The average molecular weight is 211 g/mol. The lowest BCUT2D eigenvalue weighted by molar-refractivity contribution is -0.131. The lowest BCUT2D eigenvalue weighted by Gasteiger charge is -2.03. The monoisotopic (exact) mass is 211 g/mol. The van der Waals surface area contributed by atoms with E-state index in [0.717, 1.165) is 0 Å². The number of carbonyl (C=O) groups is 2. The van der Waals surface area contributed by atoms with Crippen molar-refractivity contribution in [1.82, 2.24) is 0 Å². The van der Waals surface area contributed by atoms with Gasteiger partial charge in [-0.1, -0.05) is 12.1 Å². The van der Waals surface area contributed by atoms with E-state index in [1.807, 2.05) is 0 Å². The van der Waals surface area contributed by atoms with Crippen LogP contribution in [-0.2, 0) is 4.79 Å². The van der Waals surface area contributed by atoms with E-state index >= 15 is 0 Å². The van der Waals surface area contributed by atoms with Crippen LogP contribution in [0.5, 0.6) is 5.75 Å². The number of rotatable bonds is 2. The fourth-order valence-corrected chi connectivity index (χ4v) is 0.887. The summed E-state index contributed by atoms with van der Waals surface area (Å²) >= 11 is 0. The number of carboxylic acid groups (broad SMARTS) is 1. The van der Waals surface area contributed by atoms with Crippen molar-refractivity contribution >= 4 is 11.9 Å². The third-order valence-electron chi connectivity index (χ3n) is 1.37. The molecule has 0 radical (unpaired) electrons. The summed E-state index contributed by atoms with van der Waals surface area (Å²) in [6, 6.07) is 5.98. The van der Waals surface area contributed by atoms with E-state index < -0.39 is 11.9 Å². The molecule has 0 atom stereocenters. The molecule has 0 aliphatic rings. The fraction of sp³-hybridized carbons (Fsp3) is 0.200. The van der Waals surface area contributed by atoms with Gasteiger partial charge >= 0.3 is 11.9 Å². The van der Waals surface area contributed by atoms with Crippen molar-refractivity contribution in [3.63, 3.8) is 0 Å². The molecule has 5 heteroatoms. The van der Waals surface area contributed by atoms with E-state index in [1.165, 1.54) is 26.1 Å². The molecule has 5 nitrogen and oxygen atoms in total. The van der Waals surface area contributed by atoms with Crippen molar-refractivity contribution < 1.29 is 19.4 Å². The molecule has 15 heavy (non-hydrogen) atoms. The van der Waals surface area contributed by atoms with Crippen molar-refractivity contribution in [2.75, 3.05) is 7.05 Å². The van der Waals surface area contributed by atoms with Gasteiger partial charge in [-0.05, 0) is 19.2 Å². The van der Waals surface area contributed by atoms with Crippen molar-refractivity contribution in [2.45, 2.75) is 6.92 Å². The van der Waals surface area contributed by atoms with Gasteiger partial charge in [-0.3, -0.25) is 4.79 Å². The molecule has 0 bridgehead atoms. The van der Waals surface area contributed by atoms with Crippen LogP contribution in [0.2, 0.25) is 0 Å². The second-order valence-corrected chi connectivity index (χ2v) is 2.39. The number of carboxylic acids is 1. The summed E-state index contributed by atoms with van der Waals surface area (Å²) in [5, 5.41) is 8.69. The van der Waals surface area contributed by atoms with Crippen LogP contribution < -0.4 is 10.5 Å². The van der Waals surface area contributed by atoms with E-state index in [0.29, 0.717) is 0 Å². The molecule has 82 valence electrons. The zero-order chi connectivity index (χ0) is 11.8. The molecule has 0 unspecified atom stereocenters. The molecule has 0 aromatic heterocycles. The lowest BCUT2D eigenvalue weighted by atomic mass is 10.2. The number of para-hydroxylation sites is 1. The van der Waals surface area contributed by atoms with Crippen LogP contribution in [0, 0.1) is 0 Å². The number of nitrogens with two attached hydrogens (primary N) is 1. The average Bonchev–Trinajstić information content (AvgIpc) is 2.20. The van der Waals surface area contributed by atoms with Gasteiger partial charge in [-0.25, -0.2) is 4.79 Å². The maximum absolute atomic E-state index is 10.6. The SMILES string of the molecule is CC(=O)Oc1ccccc1C(=O)O.CN. The summed E-state index contributed by atoms with van der Waals surface area (Å²) in [6.07, 6.45) is 0. The third-order valence-corrected chi connectivity index (χ3v) is 1.37. The van der Waals surface area contributed by atoms with Crippen molar-refractivity contribution in [3.8, 4) is 5.75 Å². The van der Waals surface area contributed by atoms with Gasteiger partial charge in [0.15, 0.2) is 0 Å². The van der Waals surface area contributed by atoms with Gasteiger partial charge in [-0.2, -0.15) is 0 Å². The Morgan fingerprint density at radius 1 is 1.27 bits per heavy atom. The van der Waals surface area contributed by atoms with E-state index in [-0.39, 0.29) is 11.3 Å². The number of benzene rings is 1. The molecule has 0 heterocycles. The van der Waals surface area contributed by atoms with Crippen LogP contribution in [0.3, 0.4) is 0 Å². The van der Waals surface area contributed by atoms with Crippen molar-refractivity contribution in [1.29, 1.82) is 0 Å². The quantitative estimate of drug-likeness (QED) is 0.560. The Kier molecular flexibility index (Phi) is 5.73. The molecule has 1 aromatic rings. The molecule has 1 rings (SSSR count). The first-order valence-electron chi connectivity index (χ1n) is 4.19. The van der Waals surface area contributed by atoms with Gasteiger partial charge in [0.05, 0.1) is 0 Å². The Bertz CT molecular complexity index is 349. The molecule has 0 saturated heterocycles. The lowest BCUT2D eigenvalue weighted by Crippen LogP contribution is -2.06. The van der Waals surface area contributed by atoms with E-state index in [9.17, 15) is 9.59 Å². The first kappa shape index (κ1) is 13.1. The van der Waals surface area contributed by atoms with Crippen LogP contribution in [0.15, 0.2) is 24.3 Å². The van der Waals surface area contributed by atoms with Crippen LogP contribution in [0.1, 0.15) is 17.3 Å². The van der Waals surface area contributed by atoms with E-state index in [1.54, 1.807) is 12.1 Å². The molecule has 0 fully saturated rings. The van der Waals surface area contributed by atoms with Gasteiger partial charge in [0, 0.05) is 6.92 Å². The molecular weight excluding hydrogens is 198 g/mol. The summed E-state index contributed by atoms with van der Waals surface area (Å²) in [5.74, 6) is -1.58. The highest BCUT2D eigenvalue weighted by atomic mass is 16.5. The molecule has 1 aromatic carbocycles. The number of hydrogen-bond acceptors (Lipinski definition) is 4. The smallest absolute Gasteiger partial charge is 0.339 e. The summed E-state index contributed by atoms with van der Waals surface area (Å²) in [6.45, 7) is 1.22. The topological polar surface area (TPSA) is 89.6 Å². The Balaban J connectivity index is 0.000000921. The molecule has 3 N–H and O–H groups in total. The fourth-order valence-electron chi connectivity index (χ4n) is 0.887. The second kappa shape index (κ2) is 6.56. The normalized spacial score (nSPS) is 8.47. The minimum atomic E-state index is -1.11. The van der Waals surface area contributed by atoms with Crippen LogP contribution in [0.4, 0.5) is 0 Å². The van der Waals surface area contributed by atoms with Gasteiger partial charge < -0.3 is 15.6 Å². The number of ether oxygens (including phenoxy) is 1. The maximum atomic E-state index is 10.6. The number of esters is 1. The molecular formula is C10H13NO4. The summed E-state index contributed by atoms with van der Waals surface area (Å²) in [7, 11) is 1.50. The molecule has 0 aliphatic heterocycles. The van der Waals surface area contributed by atoms with Gasteiger partial charge in [0.2, 0.25) is 0 Å². The molecule has 0 spiro atoms. The predicted molar refractivity (Wildman–Crippen MR) is 54.8 cm³/mol. The minimum Gasteiger partial charge on any atom is -0.478 e. The van der Waals surface area contributed by atoms with E-state index in [2.05, 4.69) is 10.5 Å². The molecule has 0 amide bonds. The summed E-state index contributed by atoms with van der Waals surface area (Å²) in [5.41, 5.74) is 4.48. The number of aromatic carboxylic acids is 1. The zero-order valence-corrected chi connectivity index (χ0v) is 8.56. The highest BCUT2D eigenvalue weighted by molar-refractivity contribution is 5.91. The Morgan fingerprint density at radius 2 is 1.80 bits per heavy atom. The number of hydrogen-bond donors (Lipinski definition) is 2. The van der Waals surface area contributed by atoms with Crippen molar-refractivity contribution in [2.24, 2.45) is 5.73 Å². The Hall–Kier alpha value is -1.88. The van der Waals surface area contributed by atoms with Crippen LogP contribution in [0.25, 0.3) is 0 Å². The third kappa shape index (κ3) is 4.24. The summed E-state index contributed by atoms with van der Waals surface area (Å²) < 4.78 is 4.69. The van der Waals surface area contributed by atoms with Crippen LogP contribution in [-0.4, -0.2) is 24.1 Å².